The number of nitrogens with zero attached hydrogens (tertiary/aromatic N) is 1. The van der Waals surface area contributed by atoms with Gasteiger partial charge in [-0.05, 0) is 44.9 Å². The van der Waals surface area contributed by atoms with Crippen molar-refractivity contribution < 1.29 is 9.90 Å². The van der Waals surface area contributed by atoms with E-state index in [1.54, 1.807) is 0 Å². The summed E-state index contributed by atoms with van der Waals surface area (Å²) in [5.74, 6) is -0.802. The van der Waals surface area contributed by atoms with Crippen LogP contribution in [-0.2, 0) is 4.79 Å². The van der Waals surface area contributed by atoms with Gasteiger partial charge in [-0.15, -0.1) is 0 Å². The van der Waals surface area contributed by atoms with E-state index in [9.17, 15) is 4.79 Å². The molecular formula is C15H19NO2. The Kier molecular flexibility index (Phi) is 2.93. The summed E-state index contributed by atoms with van der Waals surface area (Å²) in [4.78, 5) is 13.0. The van der Waals surface area contributed by atoms with Crippen LogP contribution in [0.25, 0.3) is 5.57 Å². The van der Waals surface area contributed by atoms with E-state index in [0.717, 1.165) is 16.8 Å². The van der Waals surface area contributed by atoms with Crippen LogP contribution in [0.15, 0.2) is 24.3 Å². The number of benzene rings is 1. The Morgan fingerprint density at radius 1 is 1.33 bits per heavy atom. The lowest BCUT2D eigenvalue weighted by Gasteiger charge is -2.42. The molecule has 0 atom stereocenters. The first-order valence-corrected chi connectivity index (χ1v) is 6.11. The quantitative estimate of drug-likeness (QED) is 0.870. The van der Waals surface area contributed by atoms with Gasteiger partial charge in [-0.25, -0.2) is 0 Å². The van der Waals surface area contributed by atoms with E-state index in [0.29, 0.717) is 0 Å². The molecule has 0 amide bonds. The van der Waals surface area contributed by atoms with E-state index < -0.39 is 5.97 Å². The zero-order chi connectivity index (χ0) is 13.5. The molecule has 1 aromatic rings. The number of carboxylic acids is 1. The maximum absolute atomic E-state index is 11.1. The summed E-state index contributed by atoms with van der Waals surface area (Å²) >= 11 is 0. The molecule has 3 nitrogen and oxygen atoms in total. The predicted octanol–water partition coefficient (Wildman–Crippen LogP) is 3.08. The summed E-state index contributed by atoms with van der Waals surface area (Å²) in [6.45, 7) is 8.22. The van der Waals surface area contributed by atoms with Gasteiger partial charge in [0, 0.05) is 11.3 Å². The zero-order valence-electron chi connectivity index (χ0n) is 11.3. The molecule has 3 heteroatoms. The number of hydrogen-bond acceptors (Lipinski definition) is 2. The molecule has 0 bridgehead atoms. The number of hydrogen-bond donors (Lipinski definition) is 1. The van der Waals surface area contributed by atoms with Crippen LogP contribution < -0.4 is 4.90 Å². The minimum absolute atomic E-state index is 0.0211. The average molecular weight is 245 g/mol. The normalized spacial score (nSPS) is 17.1. The minimum atomic E-state index is -0.802. The Balaban J connectivity index is 2.59. The van der Waals surface area contributed by atoms with Gasteiger partial charge in [0.2, 0.25) is 0 Å². The second-order valence-corrected chi connectivity index (χ2v) is 5.48. The van der Waals surface area contributed by atoms with Gasteiger partial charge in [0.1, 0.15) is 6.54 Å². The molecule has 1 aromatic carbocycles. The first kappa shape index (κ1) is 12.7. The molecule has 1 aliphatic rings. The number of aliphatic carboxylic acids is 1. The molecule has 18 heavy (non-hydrogen) atoms. The summed E-state index contributed by atoms with van der Waals surface area (Å²) in [6, 6.07) is 6.20. The number of allylic oxidation sites excluding steroid dienone is 1. The van der Waals surface area contributed by atoms with E-state index in [-0.39, 0.29) is 12.1 Å². The number of carbonyl (C=O) groups is 1. The van der Waals surface area contributed by atoms with Crippen molar-refractivity contribution in [2.24, 2.45) is 0 Å². The Morgan fingerprint density at radius 3 is 2.61 bits per heavy atom. The lowest BCUT2D eigenvalue weighted by molar-refractivity contribution is -0.135. The molecule has 0 radical (unpaired) electrons. The topological polar surface area (TPSA) is 40.5 Å². The molecule has 0 aromatic heterocycles. The fourth-order valence-corrected chi connectivity index (χ4v) is 2.62. The van der Waals surface area contributed by atoms with E-state index in [2.05, 4.69) is 31.2 Å². The van der Waals surface area contributed by atoms with Crippen molar-refractivity contribution in [3.8, 4) is 0 Å². The Morgan fingerprint density at radius 2 is 2.00 bits per heavy atom. The number of rotatable bonds is 2. The van der Waals surface area contributed by atoms with Crippen molar-refractivity contribution in [2.75, 3.05) is 11.4 Å². The minimum Gasteiger partial charge on any atom is -0.480 e. The van der Waals surface area contributed by atoms with Crippen LogP contribution in [0.5, 0.6) is 0 Å². The fourth-order valence-electron chi connectivity index (χ4n) is 2.62. The average Bonchev–Trinajstić information content (AvgIpc) is 2.23. The third-order valence-corrected chi connectivity index (χ3v) is 3.43. The Labute approximate surface area is 108 Å². The molecule has 1 N–H and O–H groups in total. The second-order valence-electron chi connectivity index (χ2n) is 5.48. The largest absolute Gasteiger partial charge is 0.480 e. The third kappa shape index (κ3) is 2.13. The highest BCUT2D eigenvalue weighted by Crippen LogP contribution is 2.38. The maximum atomic E-state index is 11.1. The molecule has 0 saturated heterocycles. The Bertz CT molecular complexity index is 529. The first-order valence-electron chi connectivity index (χ1n) is 6.11. The molecule has 0 saturated carbocycles. The van der Waals surface area contributed by atoms with Gasteiger partial charge in [0.05, 0.1) is 5.54 Å². The first-order chi connectivity index (χ1) is 8.31. The number of carboxylic acid groups (broad SMARTS) is 1. The van der Waals surface area contributed by atoms with E-state index in [1.807, 2.05) is 25.7 Å². The van der Waals surface area contributed by atoms with Crippen molar-refractivity contribution in [1.82, 2.24) is 0 Å². The standard InChI is InChI=1S/C15H19NO2/c1-10-5-6-12-11(2)8-15(3,4)16(9-14(17)18)13(12)7-10/h5-8H,9H2,1-4H3,(H,17,18). The molecule has 0 aliphatic carbocycles. The van der Waals surface area contributed by atoms with Crippen LogP contribution in [0.2, 0.25) is 0 Å². The summed E-state index contributed by atoms with van der Waals surface area (Å²) in [7, 11) is 0. The smallest absolute Gasteiger partial charge is 0.323 e. The van der Waals surface area contributed by atoms with Gasteiger partial charge in [-0.1, -0.05) is 18.2 Å². The van der Waals surface area contributed by atoms with Crippen LogP contribution in [0.3, 0.4) is 0 Å². The predicted molar refractivity (Wildman–Crippen MR) is 73.9 cm³/mol. The van der Waals surface area contributed by atoms with Crippen molar-refractivity contribution in [1.29, 1.82) is 0 Å². The number of fused-ring (bicyclic) bond motifs is 1. The van der Waals surface area contributed by atoms with Gasteiger partial charge >= 0.3 is 5.97 Å². The third-order valence-electron chi connectivity index (χ3n) is 3.43. The number of aryl methyl sites for hydroxylation is 1. The molecule has 0 fully saturated rings. The van der Waals surface area contributed by atoms with E-state index in [4.69, 9.17) is 5.11 Å². The van der Waals surface area contributed by atoms with Crippen LogP contribution in [0, 0.1) is 6.92 Å². The second kappa shape index (κ2) is 4.16. The fraction of sp³-hybridized carbons (Fsp3) is 0.400. The molecule has 1 heterocycles. The van der Waals surface area contributed by atoms with Crippen LogP contribution >= 0.6 is 0 Å². The SMILES string of the molecule is CC1=CC(C)(C)N(CC(=O)O)c2cc(C)ccc21. The molecule has 0 unspecified atom stereocenters. The summed E-state index contributed by atoms with van der Waals surface area (Å²) in [5, 5.41) is 9.10. The van der Waals surface area contributed by atoms with Crippen molar-refractivity contribution in [3.05, 3.63) is 35.4 Å². The number of anilines is 1. The van der Waals surface area contributed by atoms with Crippen LogP contribution in [-0.4, -0.2) is 23.2 Å². The van der Waals surface area contributed by atoms with E-state index in [1.165, 1.54) is 5.57 Å². The lowest BCUT2D eigenvalue weighted by atomic mass is 9.88. The highest BCUT2D eigenvalue weighted by Gasteiger charge is 2.32. The highest BCUT2D eigenvalue weighted by molar-refractivity contribution is 5.85. The van der Waals surface area contributed by atoms with Crippen molar-refractivity contribution in [3.63, 3.8) is 0 Å². The van der Waals surface area contributed by atoms with Gasteiger partial charge < -0.3 is 10.0 Å². The maximum Gasteiger partial charge on any atom is 0.323 e. The van der Waals surface area contributed by atoms with Gasteiger partial charge in [0.25, 0.3) is 0 Å². The van der Waals surface area contributed by atoms with Gasteiger partial charge in [-0.2, -0.15) is 0 Å². The molecule has 2 rings (SSSR count). The molecule has 96 valence electrons. The monoisotopic (exact) mass is 245 g/mol. The molecule has 0 spiro atoms. The lowest BCUT2D eigenvalue weighted by Crippen LogP contribution is -2.47. The van der Waals surface area contributed by atoms with Crippen molar-refractivity contribution in [2.45, 2.75) is 33.2 Å². The zero-order valence-corrected chi connectivity index (χ0v) is 11.3. The summed E-state index contributed by atoms with van der Waals surface area (Å²) in [5.41, 5.74) is 4.22. The molecule has 1 aliphatic heterocycles. The van der Waals surface area contributed by atoms with Crippen LogP contribution in [0.4, 0.5) is 5.69 Å². The van der Waals surface area contributed by atoms with E-state index >= 15 is 0 Å². The van der Waals surface area contributed by atoms with Gasteiger partial charge in [-0.3, -0.25) is 4.79 Å². The summed E-state index contributed by atoms with van der Waals surface area (Å²) in [6.07, 6.45) is 2.13. The van der Waals surface area contributed by atoms with Gasteiger partial charge in [0.15, 0.2) is 0 Å². The van der Waals surface area contributed by atoms with Crippen LogP contribution in [0.1, 0.15) is 31.9 Å². The highest BCUT2D eigenvalue weighted by atomic mass is 16.4. The van der Waals surface area contributed by atoms with Crippen molar-refractivity contribution >= 4 is 17.2 Å². The summed E-state index contributed by atoms with van der Waals surface area (Å²) < 4.78 is 0. The molecular weight excluding hydrogens is 226 g/mol. The Hall–Kier alpha value is -1.77.